The largest absolute Gasteiger partial charge is 0.476 e. The molecule has 1 saturated heterocycles. The molecule has 6 nitrogen and oxygen atoms in total. The van der Waals surface area contributed by atoms with Crippen molar-refractivity contribution >= 4 is 23.3 Å². The van der Waals surface area contributed by atoms with Gasteiger partial charge in [-0.25, -0.2) is 0 Å². The summed E-state index contributed by atoms with van der Waals surface area (Å²) in [6, 6.07) is 16.2. The van der Waals surface area contributed by atoms with E-state index < -0.39 is 6.10 Å². The van der Waals surface area contributed by atoms with Gasteiger partial charge in [0, 0.05) is 31.5 Å². The lowest BCUT2D eigenvalue weighted by molar-refractivity contribution is -0.139. The molecule has 2 aliphatic heterocycles. The Balaban J connectivity index is 1.47. The number of likely N-dealkylation sites (tertiary alicyclic amines) is 1. The summed E-state index contributed by atoms with van der Waals surface area (Å²) >= 11 is 0. The summed E-state index contributed by atoms with van der Waals surface area (Å²) in [6.45, 7) is 1.64. The van der Waals surface area contributed by atoms with Crippen LogP contribution in [-0.4, -0.2) is 48.2 Å². The summed E-state index contributed by atoms with van der Waals surface area (Å²) in [5.74, 6) is 0.224. The quantitative estimate of drug-likeness (QED) is 0.714. The van der Waals surface area contributed by atoms with Crippen molar-refractivity contribution in [1.82, 2.24) is 4.90 Å². The predicted octanol–water partition coefficient (Wildman–Crippen LogP) is 3.46. The Morgan fingerprint density at radius 3 is 2.33 bits per heavy atom. The van der Waals surface area contributed by atoms with Crippen molar-refractivity contribution in [1.29, 1.82) is 0 Å². The second kappa shape index (κ2) is 9.11. The van der Waals surface area contributed by atoms with Crippen LogP contribution in [0.25, 0.3) is 0 Å². The summed E-state index contributed by atoms with van der Waals surface area (Å²) in [4.78, 5) is 41.9. The first-order valence-electron chi connectivity index (χ1n) is 10.6. The van der Waals surface area contributed by atoms with Gasteiger partial charge in [0.1, 0.15) is 5.75 Å². The summed E-state index contributed by atoms with van der Waals surface area (Å²) < 4.78 is 5.97. The van der Waals surface area contributed by atoms with Crippen LogP contribution < -0.4 is 9.64 Å². The van der Waals surface area contributed by atoms with E-state index in [2.05, 4.69) is 0 Å². The minimum absolute atomic E-state index is 0.0635. The summed E-state index contributed by atoms with van der Waals surface area (Å²) in [5, 5.41) is 0. The molecule has 2 amide bonds. The Bertz CT molecular complexity index is 922. The third-order valence-corrected chi connectivity index (χ3v) is 5.68. The van der Waals surface area contributed by atoms with Crippen molar-refractivity contribution in [3.8, 4) is 5.75 Å². The monoisotopic (exact) mass is 406 g/mol. The SMILES string of the molecule is O=C(CCC(=O)N1C[C@H](C(=O)N2CCCCC2)Oc2ccccc21)c1ccccc1. The lowest BCUT2D eigenvalue weighted by Gasteiger charge is -2.37. The fraction of sp³-hybridized carbons (Fsp3) is 0.375. The molecule has 2 aromatic carbocycles. The first-order chi connectivity index (χ1) is 14.6. The zero-order chi connectivity index (χ0) is 20.9. The molecule has 6 heteroatoms. The average Bonchev–Trinajstić information content (AvgIpc) is 2.82. The standard InChI is InChI=1S/C24H26N2O4/c27-20(18-9-3-1-4-10-18)13-14-23(28)26-17-22(24(29)25-15-7-2-8-16-25)30-21-12-6-5-11-19(21)26/h1,3-6,9-12,22H,2,7-8,13-17H2/t22-/m1/s1. The molecule has 1 fully saturated rings. The molecular formula is C24H26N2O4. The van der Waals surface area contributed by atoms with Gasteiger partial charge < -0.3 is 14.5 Å². The predicted molar refractivity (Wildman–Crippen MR) is 114 cm³/mol. The highest BCUT2D eigenvalue weighted by Crippen LogP contribution is 2.34. The molecule has 156 valence electrons. The molecule has 2 aliphatic rings. The molecule has 0 bridgehead atoms. The van der Waals surface area contributed by atoms with Crippen molar-refractivity contribution in [2.45, 2.75) is 38.2 Å². The number of benzene rings is 2. The van der Waals surface area contributed by atoms with Gasteiger partial charge in [-0.15, -0.1) is 0 Å². The maximum absolute atomic E-state index is 13.0. The number of para-hydroxylation sites is 2. The van der Waals surface area contributed by atoms with E-state index in [1.165, 1.54) is 0 Å². The molecule has 2 aromatic rings. The van der Waals surface area contributed by atoms with E-state index in [1.54, 1.807) is 23.1 Å². The Hall–Kier alpha value is -3.15. The van der Waals surface area contributed by atoms with Crippen molar-refractivity contribution < 1.29 is 19.1 Å². The average molecular weight is 406 g/mol. The highest BCUT2D eigenvalue weighted by molar-refractivity contribution is 6.02. The van der Waals surface area contributed by atoms with Gasteiger partial charge in [0.15, 0.2) is 11.9 Å². The number of carbonyl (C=O) groups is 3. The van der Waals surface area contributed by atoms with Gasteiger partial charge in [0.05, 0.1) is 12.2 Å². The molecule has 0 unspecified atom stereocenters. The second-order valence-corrected chi connectivity index (χ2v) is 7.75. The van der Waals surface area contributed by atoms with Crippen LogP contribution in [-0.2, 0) is 9.59 Å². The lowest BCUT2D eigenvalue weighted by atomic mass is 10.1. The number of hydrogen-bond acceptors (Lipinski definition) is 4. The number of piperidine rings is 1. The lowest BCUT2D eigenvalue weighted by Crippen LogP contribution is -2.52. The summed E-state index contributed by atoms with van der Waals surface area (Å²) in [6.07, 6.45) is 2.64. The van der Waals surface area contributed by atoms with E-state index in [0.29, 0.717) is 17.0 Å². The van der Waals surface area contributed by atoms with Gasteiger partial charge in [0.2, 0.25) is 5.91 Å². The first kappa shape index (κ1) is 20.1. The molecular weight excluding hydrogens is 380 g/mol. The second-order valence-electron chi connectivity index (χ2n) is 7.75. The molecule has 0 N–H and O–H groups in total. The molecule has 0 aliphatic carbocycles. The minimum atomic E-state index is -0.716. The maximum atomic E-state index is 13.0. The molecule has 0 saturated carbocycles. The Morgan fingerprint density at radius 1 is 0.867 bits per heavy atom. The van der Waals surface area contributed by atoms with Crippen molar-refractivity contribution in [3.63, 3.8) is 0 Å². The van der Waals surface area contributed by atoms with E-state index in [1.807, 2.05) is 41.3 Å². The molecule has 0 radical (unpaired) electrons. The van der Waals surface area contributed by atoms with Gasteiger partial charge in [-0.05, 0) is 31.4 Å². The van der Waals surface area contributed by atoms with Crippen LogP contribution in [0.3, 0.4) is 0 Å². The van der Waals surface area contributed by atoms with Gasteiger partial charge in [-0.3, -0.25) is 14.4 Å². The maximum Gasteiger partial charge on any atom is 0.265 e. The highest BCUT2D eigenvalue weighted by Gasteiger charge is 2.36. The molecule has 0 spiro atoms. The van der Waals surface area contributed by atoms with E-state index in [-0.39, 0.29) is 37.0 Å². The number of Topliss-reactive ketones (excluding diaryl/α,β-unsaturated/α-hetero) is 1. The molecule has 1 atom stereocenters. The van der Waals surface area contributed by atoms with E-state index >= 15 is 0 Å². The number of ketones is 1. The van der Waals surface area contributed by atoms with E-state index in [4.69, 9.17) is 4.74 Å². The topological polar surface area (TPSA) is 66.9 Å². The number of ether oxygens (including phenoxy) is 1. The van der Waals surface area contributed by atoms with Gasteiger partial charge >= 0.3 is 0 Å². The minimum Gasteiger partial charge on any atom is -0.476 e. The Kier molecular flexibility index (Phi) is 6.12. The first-order valence-corrected chi connectivity index (χ1v) is 10.6. The highest BCUT2D eigenvalue weighted by atomic mass is 16.5. The number of amides is 2. The number of hydrogen-bond donors (Lipinski definition) is 0. The van der Waals surface area contributed by atoms with Crippen LogP contribution in [0.4, 0.5) is 5.69 Å². The molecule has 4 rings (SSSR count). The molecule has 2 heterocycles. The normalized spacial score (nSPS) is 18.3. The van der Waals surface area contributed by atoms with Gasteiger partial charge in [-0.1, -0.05) is 42.5 Å². The van der Waals surface area contributed by atoms with Crippen LogP contribution in [0.15, 0.2) is 54.6 Å². The zero-order valence-electron chi connectivity index (χ0n) is 17.0. The van der Waals surface area contributed by atoms with Gasteiger partial charge in [0.25, 0.3) is 5.91 Å². The van der Waals surface area contributed by atoms with Crippen LogP contribution in [0.2, 0.25) is 0 Å². The molecule has 0 aromatic heterocycles. The Morgan fingerprint density at radius 2 is 1.57 bits per heavy atom. The van der Waals surface area contributed by atoms with Crippen molar-refractivity contribution in [3.05, 3.63) is 60.2 Å². The fourth-order valence-corrected chi connectivity index (χ4v) is 4.04. The summed E-state index contributed by atoms with van der Waals surface area (Å²) in [5.41, 5.74) is 1.25. The molecule has 30 heavy (non-hydrogen) atoms. The smallest absolute Gasteiger partial charge is 0.265 e. The number of nitrogens with zero attached hydrogens (tertiary/aromatic N) is 2. The van der Waals surface area contributed by atoms with Crippen LogP contribution >= 0.6 is 0 Å². The summed E-state index contributed by atoms with van der Waals surface area (Å²) in [7, 11) is 0. The number of anilines is 1. The third-order valence-electron chi connectivity index (χ3n) is 5.68. The Labute approximate surface area is 176 Å². The number of carbonyl (C=O) groups excluding carboxylic acids is 3. The van der Waals surface area contributed by atoms with Crippen LogP contribution in [0, 0.1) is 0 Å². The number of fused-ring (bicyclic) bond motifs is 1. The van der Waals surface area contributed by atoms with Gasteiger partial charge in [-0.2, -0.15) is 0 Å². The van der Waals surface area contributed by atoms with Crippen LogP contribution in [0.1, 0.15) is 42.5 Å². The fourth-order valence-electron chi connectivity index (χ4n) is 4.04. The van der Waals surface area contributed by atoms with E-state index in [9.17, 15) is 14.4 Å². The van der Waals surface area contributed by atoms with Crippen molar-refractivity contribution in [2.24, 2.45) is 0 Å². The van der Waals surface area contributed by atoms with E-state index in [0.717, 1.165) is 32.4 Å². The van der Waals surface area contributed by atoms with Crippen LogP contribution in [0.5, 0.6) is 5.75 Å². The number of rotatable bonds is 5. The van der Waals surface area contributed by atoms with Crippen molar-refractivity contribution in [2.75, 3.05) is 24.5 Å². The zero-order valence-corrected chi connectivity index (χ0v) is 17.0. The third kappa shape index (κ3) is 4.37.